The third kappa shape index (κ3) is 8.74. The molecule has 3 N–H and O–H groups in total. The molecule has 6 nitrogen and oxygen atoms in total. The van der Waals surface area contributed by atoms with E-state index in [0.717, 1.165) is 0 Å². The molecule has 0 bridgehead atoms. The smallest absolute Gasteiger partial charge is 0.315 e. The largest absolute Gasteiger partial charge is 0.481 e. The first-order valence-corrected chi connectivity index (χ1v) is 4.92. The predicted octanol–water partition coefficient (Wildman–Crippen LogP) is 0.296. The number of aliphatic carboxylic acids is 1. The van der Waals surface area contributed by atoms with Crippen LogP contribution in [0.25, 0.3) is 0 Å². The van der Waals surface area contributed by atoms with Gasteiger partial charge in [0, 0.05) is 19.4 Å². The van der Waals surface area contributed by atoms with Gasteiger partial charge < -0.3 is 15.7 Å². The van der Waals surface area contributed by atoms with Gasteiger partial charge in [0.1, 0.15) is 0 Å². The van der Waals surface area contributed by atoms with Crippen molar-refractivity contribution in [1.29, 1.82) is 0 Å². The third-order valence-corrected chi connectivity index (χ3v) is 1.70. The lowest BCUT2D eigenvalue weighted by Crippen LogP contribution is -2.38. The Hall–Kier alpha value is -1.85. The topological polar surface area (TPSA) is 95.5 Å². The molecule has 0 saturated heterocycles. The molecule has 6 heteroatoms. The van der Waals surface area contributed by atoms with E-state index in [1.165, 1.54) is 6.08 Å². The summed E-state index contributed by atoms with van der Waals surface area (Å²) in [5.41, 5.74) is 0. The maximum atomic E-state index is 11.1. The second-order valence-electron chi connectivity index (χ2n) is 3.14. The summed E-state index contributed by atoms with van der Waals surface area (Å²) < 4.78 is 0. The number of urea groups is 1. The maximum Gasteiger partial charge on any atom is 0.315 e. The first kappa shape index (κ1) is 14.2. The SMILES string of the molecule is C=CCNC(=O)NCC(=O)CCCC(=O)O. The fourth-order valence-corrected chi connectivity index (χ4v) is 0.931. The standard InChI is InChI=1S/C10H16N2O4/c1-2-6-11-10(16)12-7-8(13)4-3-5-9(14)15/h2H,1,3-7H2,(H,14,15)(H2,11,12,16). The number of hydrogen-bond donors (Lipinski definition) is 3. The molecule has 0 aliphatic heterocycles. The number of carboxylic acids is 1. The van der Waals surface area contributed by atoms with Gasteiger partial charge in [-0.15, -0.1) is 6.58 Å². The van der Waals surface area contributed by atoms with Gasteiger partial charge in [0.2, 0.25) is 0 Å². The minimum Gasteiger partial charge on any atom is -0.481 e. The number of nitrogens with one attached hydrogen (secondary N) is 2. The van der Waals surface area contributed by atoms with Gasteiger partial charge in [-0.1, -0.05) is 6.08 Å². The van der Waals surface area contributed by atoms with Crippen LogP contribution in [0.15, 0.2) is 12.7 Å². The number of Topliss-reactive ketones (excluding diaryl/α,β-unsaturated/α-hetero) is 1. The Bertz CT molecular complexity index is 276. The summed E-state index contributed by atoms with van der Waals surface area (Å²) in [5, 5.41) is 13.1. The van der Waals surface area contributed by atoms with Crippen LogP contribution in [0.2, 0.25) is 0 Å². The molecular weight excluding hydrogens is 212 g/mol. The summed E-state index contributed by atoms with van der Waals surface area (Å²) in [5.74, 6) is -1.11. The summed E-state index contributed by atoms with van der Waals surface area (Å²) in [7, 11) is 0. The number of hydrogen-bond acceptors (Lipinski definition) is 3. The van der Waals surface area contributed by atoms with E-state index in [9.17, 15) is 14.4 Å². The number of ketones is 1. The van der Waals surface area contributed by atoms with E-state index in [1.54, 1.807) is 0 Å². The van der Waals surface area contributed by atoms with E-state index in [4.69, 9.17) is 5.11 Å². The molecule has 0 aliphatic rings. The summed E-state index contributed by atoms with van der Waals surface area (Å²) in [6.45, 7) is 3.67. The first-order valence-electron chi connectivity index (χ1n) is 4.92. The highest BCUT2D eigenvalue weighted by atomic mass is 16.4. The van der Waals surface area contributed by atoms with E-state index in [2.05, 4.69) is 17.2 Å². The van der Waals surface area contributed by atoms with E-state index < -0.39 is 12.0 Å². The molecule has 90 valence electrons. The minimum absolute atomic E-state index is 0.0333. The number of carboxylic acid groups (broad SMARTS) is 1. The zero-order valence-corrected chi connectivity index (χ0v) is 8.99. The third-order valence-electron chi connectivity index (χ3n) is 1.70. The van der Waals surface area contributed by atoms with Crippen molar-refractivity contribution >= 4 is 17.8 Å². The second-order valence-corrected chi connectivity index (χ2v) is 3.14. The molecule has 0 spiro atoms. The molecule has 0 aromatic carbocycles. The molecule has 0 rings (SSSR count). The first-order chi connectivity index (χ1) is 7.56. The molecule has 0 heterocycles. The van der Waals surface area contributed by atoms with Crippen LogP contribution in [-0.2, 0) is 9.59 Å². The number of rotatable bonds is 8. The van der Waals surface area contributed by atoms with Crippen LogP contribution in [0.1, 0.15) is 19.3 Å². The van der Waals surface area contributed by atoms with Crippen LogP contribution in [0.4, 0.5) is 4.79 Å². The van der Waals surface area contributed by atoms with Gasteiger partial charge in [0.05, 0.1) is 6.54 Å². The molecule has 0 aromatic heterocycles. The van der Waals surface area contributed by atoms with Crippen LogP contribution >= 0.6 is 0 Å². The Kier molecular flexibility index (Phi) is 7.48. The molecule has 0 unspecified atom stereocenters. The Morgan fingerprint density at radius 2 is 1.88 bits per heavy atom. The molecule has 0 aromatic rings. The van der Waals surface area contributed by atoms with Gasteiger partial charge in [0.15, 0.2) is 5.78 Å². The van der Waals surface area contributed by atoms with Crippen LogP contribution in [0.5, 0.6) is 0 Å². The van der Waals surface area contributed by atoms with Gasteiger partial charge in [-0.25, -0.2) is 4.79 Å². The number of carbonyl (C=O) groups is 3. The molecule has 0 aliphatic carbocycles. The minimum atomic E-state index is -0.926. The fourth-order valence-electron chi connectivity index (χ4n) is 0.931. The van der Waals surface area contributed by atoms with Crippen molar-refractivity contribution in [3.8, 4) is 0 Å². The fraction of sp³-hybridized carbons (Fsp3) is 0.500. The van der Waals surface area contributed by atoms with Gasteiger partial charge in [-0.2, -0.15) is 0 Å². The van der Waals surface area contributed by atoms with Gasteiger partial charge >= 0.3 is 12.0 Å². The van der Waals surface area contributed by atoms with Crippen LogP contribution < -0.4 is 10.6 Å². The molecule has 0 fully saturated rings. The monoisotopic (exact) mass is 228 g/mol. The zero-order valence-electron chi connectivity index (χ0n) is 8.99. The molecule has 0 saturated carbocycles. The van der Waals surface area contributed by atoms with Crippen molar-refractivity contribution < 1.29 is 19.5 Å². The normalized spacial score (nSPS) is 9.25. The van der Waals surface area contributed by atoms with E-state index in [-0.39, 0.29) is 25.2 Å². The lowest BCUT2D eigenvalue weighted by atomic mass is 10.2. The van der Waals surface area contributed by atoms with Gasteiger partial charge in [-0.3, -0.25) is 9.59 Å². The number of carbonyl (C=O) groups excluding carboxylic acids is 2. The molecule has 16 heavy (non-hydrogen) atoms. The highest BCUT2D eigenvalue weighted by molar-refractivity contribution is 5.85. The Morgan fingerprint density at radius 1 is 1.19 bits per heavy atom. The Labute approximate surface area is 93.7 Å². The van der Waals surface area contributed by atoms with Crippen molar-refractivity contribution in [3.05, 3.63) is 12.7 Å². The van der Waals surface area contributed by atoms with Crippen molar-refractivity contribution in [1.82, 2.24) is 10.6 Å². The zero-order chi connectivity index (χ0) is 12.4. The predicted molar refractivity (Wildman–Crippen MR) is 58.1 cm³/mol. The summed E-state index contributed by atoms with van der Waals surface area (Å²) >= 11 is 0. The van der Waals surface area contributed by atoms with Crippen molar-refractivity contribution in [2.45, 2.75) is 19.3 Å². The highest BCUT2D eigenvalue weighted by Crippen LogP contribution is 1.95. The summed E-state index contributed by atoms with van der Waals surface area (Å²) in [4.78, 5) is 32.3. The summed E-state index contributed by atoms with van der Waals surface area (Å²) in [6, 6.07) is -0.438. The average molecular weight is 228 g/mol. The molecule has 2 amide bonds. The Morgan fingerprint density at radius 3 is 2.44 bits per heavy atom. The van der Waals surface area contributed by atoms with Gasteiger partial charge in [-0.05, 0) is 6.42 Å². The van der Waals surface area contributed by atoms with Crippen molar-refractivity contribution in [2.24, 2.45) is 0 Å². The summed E-state index contributed by atoms with van der Waals surface area (Å²) in [6.07, 6.45) is 1.95. The Balaban J connectivity index is 3.53. The van der Waals surface area contributed by atoms with Crippen LogP contribution in [0, 0.1) is 0 Å². The van der Waals surface area contributed by atoms with Crippen molar-refractivity contribution in [3.63, 3.8) is 0 Å². The average Bonchev–Trinajstić information content (AvgIpc) is 2.23. The van der Waals surface area contributed by atoms with E-state index in [0.29, 0.717) is 13.0 Å². The molecular formula is C10H16N2O4. The van der Waals surface area contributed by atoms with E-state index in [1.807, 2.05) is 0 Å². The molecule has 0 atom stereocenters. The highest BCUT2D eigenvalue weighted by Gasteiger charge is 2.05. The quantitative estimate of drug-likeness (QED) is 0.520. The number of amides is 2. The van der Waals surface area contributed by atoms with Crippen LogP contribution in [0.3, 0.4) is 0 Å². The van der Waals surface area contributed by atoms with E-state index >= 15 is 0 Å². The second kappa shape index (κ2) is 8.46. The van der Waals surface area contributed by atoms with Crippen molar-refractivity contribution in [2.75, 3.05) is 13.1 Å². The maximum absolute atomic E-state index is 11.1. The molecule has 0 radical (unpaired) electrons. The lowest BCUT2D eigenvalue weighted by molar-refractivity contribution is -0.137. The lowest BCUT2D eigenvalue weighted by Gasteiger charge is -2.04. The van der Waals surface area contributed by atoms with Crippen LogP contribution in [-0.4, -0.2) is 36.0 Å². The van der Waals surface area contributed by atoms with Gasteiger partial charge in [0.25, 0.3) is 0 Å².